The van der Waals surface area contributed by atoms with Crippen molar-refractivity contribution in [2.75, 3.05) is 6.54 Å². The molecule has 1 saturated heterocycles. The van der Waals surface area contributed by atoms with Crippen molar-refractivity contribution in [1.82, 2.24) is 15.5 Å². The minimum atomic E-state index is -0.140. The molecular weight excluding hydrogens is 238 g/mol. The lowest BCUT2D eigenvalue weighted by Gasteiger charge is -2.18. The summed E-state index contributed by atoms with van der Waals surface area (Å²) >= 11 is 0. The molecule has 100 valence electrons. The van der Waals surface area contributed by atoms with Crippen LogP contribution in [0.1, 0.15) is 42.6 Å². The van der Waals surface area contributed by atoms with Crippen LogP contribution in [-0.2, 0) is 12.0 Å². The molecule has 0 bridgehead atoms. The van der Waals surface area contributed by atoms with Crippen LogP contribution in [-0.4, -0.2) is 16.7 Å². The Labute approximate surface area is 113 Å². The van der Waals surface area contributed by atoms with E-state index in [4.69, 9.17) is 4.52 Å². The Balaban J connectivity index is 1.76. The summed E-state index contributed by atoms with van der Waals surface area (Å²) in [5.74, 6) is 1.47. The molecule has 1 aliphatic heterocycles. The molecule has 3 rings (SSSR count). The summed E-state index contributed by atoms with van der Waals surface area (Å²) in [5.41, 5.74) is 2.33. The van der Waals surface area contributed by atoms with Crippen LogP contribution in [0.25, 0.3) is 0 Å². The molecule has 0 spiro atoms. The van der Waals surface area contributed by atoms with Gasteiger partial charge in [0.25, 0.3) is 0 Å². The molecule has 1 N–H and O–H groups in total. The number of aryl methyl sites for hydroxylation is 1. The van der Waals surface area contributed by atoms with E-state index in [1.165, 1.54) is 11.1 Å². The van der Waals surface area contributed by atoms with Gasteiger partial charge < -0.3 is 9.84 Å². The molecule has 2 heterocycles. The minimum Gasteiger partial charge on any atom is -0.337 e. The second-order valence-corrected chi connectivity index (χ2v) is 5.54. The number of aromatic nitrogens is 2. The fourth-order valence-corrected chi connectivity index (χ4v) is 2.52. The monoisotopic (exact) mass is 257 g/mol. The second kappa shape index (κ2) is 4.78. The van der Waals surface area contributed by atoms with Crippen molar-refractivity contribution < 1.29 is 4.52 Å². The fourth-order valence-electron chi connectivity index (χ4n) is 2.52. The van der Waals surface area contributed by atoms with Crippen molar-refractivity contribution >= 4 is 0 Å². The van der Waals surface area contributed by atoms with Crippen molar-refractivity contribution in [3.05, 3.63) is 47.1 Å². The van der Waals surface area contributed by atoms with Crippen LogP contribution >= 0.6 is 0 Å². The van der Waals surface area contributed by atoms with Crippen LogP contribution in [0.4, 0.5) is 0 Å². The summed E-state index contributed by atoms with van der Waals surface area (Å²) < 4.78 is 5.42. The molecule has 4 nitrogen and oxygen atoms in total. The predicted molar refractivity (Wildman–Crippen MR) is 72.9 cm³/mol. The molecule has 1 unspecified atom stereocenters. The highest BCUT2D eigenvalue weighted by atomic mass is 16.5. The molecule has 2 aromatic rings. The largest absolute Gasteiger partial charge is 0.337 e. The lowest BCUT2D eigenvalue weighted by molar-refractivity contribution is 0.274. The first-order valence-corrected chi connectivity index (χ1v) is 6.79. The molecule has 0 saturated carbocycles. The first kappa shape index (κ1) is 12.4. The van der Waals surface area contributed by atoms with E-state index in [-0.39, 0.29) is 5.54 Å². The first-order valence-electron chi connectivity index (χ1n) is 6.79. The van der Waals surface area contributed by atoms with Gasteiger partial charge in [0.1, 0.15) is 0 Å². The van der Waals surface area contributed by atoms with Gasteiger partial charge in [0.05, 0.1) is 5.54 Å². The number of nitrogens with zero attached hydrogens (tertiary/aromatic N) is 2. The molecule has 0 radical (unpaired) electrons. The van der Waals surface area contributed by atoms with Crippen molar-refractivity contribution in [2.45, 2.75) is 38.6 Å². The van der Waals surface area contributed by atoms with Gasteiger partial charge in [0.15, 0.2) is 5.82 Å². The van der Waals surface area contributed by atoms with E-state index >= 15 is 0 Å². The summed E-state index contributed by atoms with van der Waals surface area (Å²) in [7, 11) is 0. The molecule has 0 amide bonds. The van der Waals surface area contributed by atoms with Gasteiger partial charge in [-0.25, -0.2) is 0 Å². The van der Waals surface area contributed by atoms with Crippen LogP contribution in [0.15, 0.2) is 28.8 Å². The van der Waals surface area contributed by atoms with Gasteiger partial charge in [-0.1, -0.05) is 35.0 Å². The molecule has 1 fully saturated rings. The van der Waals surface area contributed by atoms with E-state index in [1.54, 1.807) is 0 Å². The quantitative estimate of drug-likeness (QED) is 0.918. The van der Waals surface area contributed by atoms with Crippen LogP contribution in [0.3, 0.4) is 0 Å². The molecular formula is C15H19N3O. The number of hydrogen-bond acceptors (Lipinski definition) is 4. The number of hydrogen-bond donors (Lipinski definition) is 1. The maximum atomic E-state index is 5.42. The highest BCUT2D eigenvalue weighted by molar-refractivity contribution is 5.23. The molecule has 4 heteroatoms. The molecule has 19 heavy (non-hydrogen) atoms. The topological polar surface area (TPSA) is 51.0 Å². The summed E-state index contributed by atoms with van der Waals surface area (Å²) in [6, 6.07) is 8.44. The van der Waals surface area contributed by atoms with Crippen molar-refractivity contribution in [3.63, 3.8) is 0 Å². The smallest absolute Gasteiger partial charge is 0.246 e. The summed E-state index contributed by atoms with van der Waals surface area (Å²) in [6.07, 6.45) is 2.94. The van der Waals surface area contributed by atoms with Crippen molar-refractivity contribution in [1.29, 1.82) is 0 Å². The Hall–Kier alpha value is -1.68. The average Bonchev–Trinajstić information content (AvgIpc) is 3.02. The maximum absolute atomic E-state index is 5.42. The van der Waals surface area contributed by atoms with Crippen LogP contribution in [0.5, 0.6) is 0 Å². The van der Waals surface area contributed by atoms with Gasteiger partial charge in [-0.05, 0) is 38.8 Å². The van der Waals surface area contributed by atoms with Crippen molar-refractivity contribution in [2.24, 2.45) is 0 Å². The standard InChI is InChI=1S/C15H19N3O/c1-11-4-6-12(7-5-11)10-13-17-14(19-18-13)15(2)8-3-9-16-15/h4-7,16H,3,8-10H2,1-2H3. The predicted octanol–water partition coefficient (Wildman–Crippen LogP) is 2.57. The van der Waals surface area contributed by atoms with E-state index < -0.39 is 0 Å². The van der Waals surface area contributed by atoms with Gasteiger partial charge in [-0.3, -0.25) is 0 Å². The molecule has 0 aliphatic carbocycles. The van der Waals surface area contributed by atoms with Crippen molar-refractivity contribution in [3.8, 4) is 0 Å². The summed E-state index contributed by atoms with van der Waals surface area (Å²) in [4.78, 5) is 4.54. The van der Waals surface area contributed by atoms with Gasteiger partial charge in [0, 0.05) is 6.42 Å². The van der Waals surface area contributed by atoms with Crippen LogP contribution < -0.4 is 5.32 Å². The van der Waals surface area contributed by atoms with Gasteiger partial charge >= 0.3 is 0 Å². The molecule has 1 aliphatic rings. The lowest BCUT2D eigenvalue weighted by atomic mass is 10.0. The zero-order valence-electron chi connectivity index (χ0n) is 11.4. The fraction of sp³-hybridized carbons (Fsp3) is 0.467. The second-order valence-electron chi connectivity index (χ2n) is 5.54. The van der Waals surface area contributed by atoms with Gasteiger partial charge in [-0.2, -0.15) is 4.98 Å². The average molecular weight is 257 g/mol. The SMILES string of the molecule is Cc1ccc(Cc2noc(C3(C)CCCN3)n2)cc1. The Morgan fingerprint density at radius 1 is 1.32 bits per heavy atom. The third kappa shape index (κ3) is 2.54. The van der Waals surface area contributed by atoms with Gasteiger partial charge in [-0.15, -0.1) is 0 Å². The van der Waals surface area contributed by atoms with E-state index in [0.29, 0.717) is 5.89 Å². The summed E-state index contributed by atoms with van der Waals surface area (Å²) in [5, 5.41) is 7.54. The molecule has 1 atom stereocenters. The first-order chi connectivity index (χ1) is 9.16. The number of nitrogens with one attached hydrogen (secondary N) is 1. The van der Waals surface area contributed by atoms with Gasteiger partial charge in [0.2, 0.25) is 5.89 Å². The zero-order chi connectivity index (χ0) is 13.3. The Bertz CT molecular complexity index is 553. The van der Waals surface area contributed by atoms with E-state index in [9.17, 15) is 0 Å². The van der Waals surface area contributed by atoms with E-state index in [2.05, 4.69) is 53.6 Å². The van der Waals surface area contributed by atoms with E-state index in [1.807, 2.05) is 0 Å². The van der Waals surface area contributed by atoms with E-state index in [0.717, 1.165) is 31.6 Å². The number of rotatable bonds is 3. The lowest BCUT2D eigenvalue weighted by Crippen LogP contribution is -2.33. The Morgan fingerprint density at radius 2 is 2.11 bits per heavy atom. The zero-order valence-corrected chi connectivity index (χ0v) is 11.4. The Kier molecular flexibility index (Phi) is 3.11. The normalized spacial score (nSPS) is 22.8. The maximum Gasteiger partial charge on any atom is 0.246 e. The summed E-state index contributed by atoms with van der Waals surface area (Å²) in [6.45, 7) is 5.23. The minimum absolute atomic E-state index is 0.140. The highest BCUT2D eigenvalue weighted by Gasteiger charge is 2.35. The van der Waals surface area contributed by atoms with Crippen LogP contribution in [0, 0.1) is 6.92 Å². The van der Waals surface area contributed by atoms with Crippen LogP contribution in [0.2, 0.25) is 0 Å². The third-order valence-electron chi connectivity index (χ3n) is 3.79. The molecule has 1 aromatic heterocycles. The number of benzene rings is 1. The third-order valence-corrected chi connectivity index (χ3v) is 3.79. The Morgan fingerprint density at radius 3 is 2.79 bits per heavy atom. The highest BCUT2D eigenvalue weighted by Crippen LogP contribution is 2.28. The molecule has 1 aromatic carbocycles.